The first kappa shape index (κ1) is 16.7. The standard InChI is InChI=1S/C17H24FNO3/c1-11-5-6-12(18)9-14(11)13-7-8-19(10-15(13)20)16(21)22-17(2,3)4/h5-6,9,13,15,20H,7-8,10H2,1-4H3/t13-,15-/m1/s1. The van der Waals surface area contributed by atoms with Crippen molar-refractivity contribution >= 4 is 6.09 Å². The van der Waals surface area contributed by atoms with Crippen LogP contribution in [0.5, 0.6) is 0 Å². The molecule has 0 aromatic heterocycles. The molecule has 0 bridgehead atoms. The van der Waals surface area contributed by atoms with Crippen molar-refractivity contribution in [2.24, 2.45) is 0 Å². The molecular formula is C17H24FNO3. The highest BCUT2D eigenvalue weighted by Gasteiger charge is 2.33. The van der Waals surface area contributed by atoms with E-state index in [1.807, 2.05) is 27.7 Å². The normalized spacial score (nSPS) is 22.5. The number of carbonyl (C=O) groups excluding carboxylic acids is 1. The number of rotatable bonds is 1. The van der Waals surface area contributed by atoms with Gasteiger partial charge in [-0.3, -0.25) is 0 Å². The third-order valence-electron chi connectivity index (χ3n) is 3.87. The van der Waals surface area contributed by atoms with E-state index >= 15 is 0 Å². The fourth-order valence-electron chi connectivity index (χ4n) is 2.80. The lowest BCUT2D eigenvalue weighted by molar-refractivity contribution is -0.00159. The maximum absolute atomic E-state index is 13.5. The lowest BCUT2D eigenvalue weighted by Gasteiger charge is -2.37. The first-order valence-electron chi connectivity index (χ1n) is 7.59. The molecule has 1 aromatic carbocycles. The molecule has 2 atom stereocenters. The van der Waals surface area contributed by atoms with Crippen molar-refractivity contribution < 1.29 is 19.0 Å². The van der Waals surface area contributed by atoms with Gasteiger partial charge < -0.3 is 14.7 Å². The zero-order valence-corrected chi connectivity index (χ0v) is 13.6. The van der Waals surface area contributed by atoms with Crippen LogP contribution in [0.3, 0.4) is 0 Å². The molecule has 0 aliphatic carbocycles. The zero-order valence-electron chi connectivity index (χ0n) is 13.6. The Morgan fingerprint density at radius 2 is 2.09 bits per heavy atom. The van der Waals surface area contributed by atoms with Crippen molar-refractivity contribution in [3.63, 3.8) is 0 Å². The number of ether oxygens (including phenoxy) is 1. The fraction of sp³-hybridized carbons (Fsp3) is 0.588. The molecule has 0 radical (unpaired) electrons. The average molecular weight is 309 g/mol. The van der Waals surface area contributed by atoms with Gasteiger partial charge in [0.25, 0.3) is 0 Å². The lowest BCUT2D eigenvalue weighted by atomic mass is 9.85. The van der Waals surface area contributed by atoms with Crippen LogP contribution in [0.2, 0.25) is 0 Å². The minimum Gasteiger partial charge on any atom is -0.444 e. The van der Waals surface area contributed by atoms with E-state index in [1.165, 1.54) is 17.0 Å². The van der Waals surface area contributed by atoms with Crippen LogP contribution in [-0.2, 0) is 4.74 Å². The van der Waals surface area contributed by atoms with Gasteiger partial charge in [-0.05, 0) is 57.4 Å². The number of aliphatic hydroxyl groups is 1. The van der Waals surface area contributed by atoms with Crippen LogP contribution in [0.1, 0.15) is 44.2 Å². The Labute approximate surface area is 130 Å². The number of carbonyl (C=O) groups is 1. The maximum Gasteiger partial charge on any atom is 0.410 e. The molecule has 1 amide bonds. The molecule has 1 aromatic rings. The molecule has 1 aliphatic heterocycles. The summed E-state index contributed by atoms with van der Waals surface area (Å²) < 4.78 is 18.8. The molecule has 122 valence electrons. The molecule has 4 nitrogen and oxygen atoms in total. The third kappa shape index (κ3) is 3.97. The zero-order chi connectivity index (χ0) is 16.5. The van der Waals surface area contributed by atoms with Gasteiger partial charge in [-0.15, -0.1) is 0 Å². The monoisotopic (exact) mass is 309 g/mol. The molecule has 0 spiro atoms. The fourth-order valence-corrected chi connectivity index (χ4v) is 2.80. The van der Waals surface area contributed by atoms with Gasteiger partial charge in [0.1, 0.15) is 11.4 Å². The number of β-amino-alcohol motifs (C(OH)–C–C–N with tert-alkyl or cyclic N) is 1. The SMILES string of the molecule is Cc1ccc(F)cc1[C@H]1CCN(C(=O)OC(C)(C)C)C[C@H]1O. The smallest absolute Gasteiger partial charge is 0.410 e. The number of hydrogen-bond donors (Lipinski definition) is 1. The summed E-state index contributed by atoms with van der Waals surface area (Å²) in [5, 5.41) is 10.4. The minimum atomic E-state index is -0.721. The molecule has 1 fully saturated rings. The molecule has 1 N–H and O–H groups in total. The van der Waals surface area contributed by atoms with Gasteiger partial charge in [0.05, 0.1) is 12.6 Å². The van der Waals surface area contributed by atoms with Crippen LogP contribution in [-0.4, -0.2) is 40.9 Å². The largest absolute Gasteiger partial charge is 0.444 e. The highest BCUT2D eigenvalue weighted by molar-refractivity contribution is 5.68. The summed E-state index contributed by atoms with van der Waals surface area (Å²) in [7, 11) is 0. The van der Waals surface area contributed by atoms with Crippen LogP contribution in [0, 0.1) is 12.7 Å². The van der Waals surface area contributed by atoms with E-state index in [9.17, 15) is 14.3 Å². The maximum atomic E-state index is 13.5. The molecule has 1 heterocycles. The predicted octanol–water partition coefficient (Wildman–Crippen LogP) is 3.22. The quantitative estimate of drug-likeness (QED) is 0.866. The van der Waals surface area contributed by atoms with Crippen molar-refractivity contribution in [1.82, 2.24) is 4.90 Å². The molecule has 0 unspecified atom stereocenters. The topological polar surface area (TPSA) is 49.8 Å². The number of halogens is 1. The van der Waals surface area contributed by atoms with Gasteiger partial charge in [-0.25, -0.2) is 9.18 Å². The molecule has 5 heteroatoms. The Kier molecular flexibility index (Phi) is 4.75. The summed E-state index contributed by atoms with van der Waals surface area (Å²) in [5.41, 5.74) is 1.21. The Hall–Kier alpha value is -1.62. The van der Waals surface area contributed by atoms with E-state index in [-0.39, 0.29) is 18.3 Å². The number of benzene rings is 1. The van der Waals surface area contributed by atoms with Crippen LogP contribution >= 0.6 is 0 Å². The van der Waals surface area contributed by atoms with E-state index in [0.29, 0.717) is 13.0 Å². The number of likely N-dealkylation sites (tertiary alicyclic amines) is 1. The molecular weight excluding hydrogens is 285 g/mol. The van der Waals surface area contributed by atoms with Gasteiger partial charge >= 0.3 is 6.09 Å². The van der Waals surface area contributed by atoms with E-state index < -0.39 is 17.8 Å². The number of aliphatic hydroxyl groups excluding tert-OH is 1. The second-order valence-corrected chi connectivity index (χ2v) is 6.89. The summed E-state index contributed by atoms with van der Waals surface area (Å²) in [6, 6.07) is 4.62. The summed E-state index contributed by atoms with van der Waals surface area (Å²) in [5.74, 6) is -0.461. The summed E-state index contributed by atoms with van der Waals surface area (Å²) in [6.07, 6.45) is -0.548. The van der Waals surface area contributed by atoms with E-state index in [1.54, 1.807) is 6.07 Å². The number of aryl methyl sites for hydroxylation is 1. The Morgan fingerprint density at radius 3 is 2.68 bits per heavy atom. The molecule has 2 rings (SSSR count). The minimum absolute atomic E-state index is 0.158. The highest BCUT2D eigenvalue weighted by atomic mass is 19.1. The van der Waals surface area contributed by atoms with Gasteiger partial charge in [0.2, 0.25) is 0 Å². The number of piperidine rings is 1. The number of hydrogen-bond acceptors (Lipinski definition) is 3. The van der Waals surface area contributed by atoms with E-state index in [2.05, 4.69) is 0 Å². The number of nitrogens with zero attached hydrogens (tertiary/aromatic N) is 1. The Morgan fingerprint density at radius 1 is 1.41 bits per heavy atom. The van der Waals surface area contributed by atoms with Crippen molar-refractivity contribution in [3.05, 3.63) is 35.1 Å². The second-order valence-electron chi connectivity index (χ2n) is 6.89. The second kappa shape index (κ2) is 6.24. The molecule has 0 saturated carbocycles. The third-order valence-corrected chi connectivity index (χ3v) is 3.87. The first-order chi connectivity index (χ1) is 10.2. The van der Waals surface area contributed by atoms with Crippen LogP contribution in [0.4, 0.5) is 9.18 Å². The van der Waals surface area contributed by atoms with Gasteiger partial charge in [0.15, 0.2) is 0 Å². The molecule has 1 aliphatic rings. The molecule has 22 heavy (non-hydrogen) atoms. The lowest BCUT2D eigenvalue weighted by Crippen LogP contribution is -2.47. The summed E-state index contributed by atoms with van der Waals surface area (Å²) in [6.45, 7) is 8.03. The Bertz CT molecular complexity index is 553. The van der Waals surface area contributed by atoms with Gasteiger partial charge in [-0.1, -0.05) is 6.07 Å². The van der Waals surface area contributed by atoms with Gasteiger partial charge in [-0.2, -0.15) is 0 Å². The van der Waals surface area contributed by atoms with Crippen molar-refractivity contribution in [2.45, 2.75) is 51.7 Å². The van der Waals surface area contributed by atoms with Crippen LogP contribution in [0.25, 0.3) is 0 Å². The van der Waals surface area contributed by atoms with E-state index in [0.717, 1.165) is 11.1 Å². The van der Waals surface area contributed by atoms with Crippen molar-refractivity contribution in [3.8, 4) is 0 Å². The van der Waals surface area contributed by atoms with E-state index in [4.69, 9.17) is 4.74 Å². The average Bonchev–Trinajstić information content (AvgIpc) is 2.40. The summed E-state index contributed by atoms with van der Waals surface area (Å²) >= 11 is 0. The highest BCUT2D eigenvalue weighted by Crippen LogP contribution is 2.31. The van der Waals surface area contributed by atoms with Crippen LogP contribution < -0.4 is 0 Å². The predicted molar refractivity (Wildman–Crippen MR) is 82.3 cm³/mol. The van der Waals surface area contributed by atoms with Crippen molar-refractivity contribution in [1.29, 1.82) is 0 Å². The molecule has 1 saturated heterocycles. The van der Waals surface area contributed by atoms with Crippen molar-refractivity contribution in [2.75, 3.05) is 13.1 Å². The van der Waals surface area contributed by atoms with Crippen LogP contribution in [0.15, 0.2) is 18.2 Å². The van der Waals surface area contributed by atoms with Gasteiger partial charge in [0, 0.05) is 12.5 Å². The number of amides is 1. The Balaban J connectivity index is 2.07. The summed E-state index contributed by atoms with van der Waals surface area (Å²) in [4.78, 5) is 13.6. The first-order valence-corrected chi connectivity index (χ1v) is 7.59.